The Morgan fingerprint density at radius 2 is 1.75 bits per heavy atom. The molecule has 12 heavy (non-hydrogen) atoms. The summed E-state index contributed by atoms with van der Waals surface area (Å²) in [6.45, 7) is 0.487. The number of nitrogens with two attached hydrogens (primary N) is 1. The quantitative estimate of drug-likeness (QED) is 0.696. The zero-order chi connectivity index (χ0) is 8.97. The minimum Gasteiger partial charge on any atom is -0.772 e. The Morgan fingerprint density at radius 3 is 2.17 bits per heavy atom. The van der Waals surface area contributed by atoms with Gasteiger partial charge in [-0.05, 0) is 11.1 Å². The predicted octanol–water partition coefficient (Wildman–Crippen LogP) is 0.524. The van der Waals surface area contributed by atoms with Crippen molar-refractivity contribution in [3.05, 3.63) is 35.4 Å². The van der Waals surface area contributed by atoms with Crippen LogP contribution >= 0.6 is 0 Å². The largest absolute Gasteiger partial charge is 0.772 e. The summed E-state index contributed by atoms with van der Waals surface area (Å²) in [4.78, 5) is 0. The van der Waals surface area contributed by atoms with Crippen LogP contribution in [0, 0.1) is 0 Å². The van der Waals surface area contributed by atoms with Gasteiger partial charge in [-0.3, -0.25) is 4.21 Å². The van der Waals surface area contributed by atoms with Crippen molar-refractivity contribution in [3.63, 3.8) is 0 Å². The van der Waals surface area contributed by atoms with Crippen LogP contribution < -0.4 is 5.73 Å². The van der Waals surface area contributed by atoms with Crippen molar-refractivity contribution in [2.45, 2.75) is 12.3 Å². The highest BCUT2D eigenvalue weighted by molar-refractivity contribution is 7.78. The number of rotatable bonds is 3. The van der Waals surface area contributed by atoms with Gasteiger partial charge in [-0.25, -0.2) is 0 Å². The van der Waals surface area contributed by atoms with Crippen LogP contribution in [-0.2, 0) is 23.4 Å². The SMILES string of the molecule is NCc1ccc(CS(=O)[O-])cc1. The molecule has 0 spiro atoms. The maximum Gasteiger partial charge on any atom is 0.0353 e. The second-order valence-corrected chi connectivity index (χ2v) is 3.36. The Morgan fingerprint density at radius 1 is 1.25 bits per heavy atom. The van der Waals surface area contributed by atoms with Crippen molar-refractivity contribution < 1.29 is 8.76 Å². The first-order valence-corrected chi connectivity index (χ1v) is 4.80. The Balaban J connectivity index is 2.71. The molecule has 1 rings (SSSR count). The third-order valence-electron chi connectivity index (χ3n) is 1.54. The molecule has 1 atom stereocenters. The molecule has 1 aromatic carbocycles. The Hall–Kier alpha value is -0.710. The van der Waals surface area contributed by atoms with E-state index in [0.29, 0.717) is 6.54 Å². The molecule has 0 radical (unpaired) electrons. The Bertz CT molecular complexity index is 271. The fourth-order valence-electron chi connectivity index (χ4n) is 0.908. The summed E-state index contributed by atoms with van der Waals surface area (Å²) >= 11 is -2.01. The molecular formula is C8H10NO2S-. The zero-order valence-corrected chi connectivity index (χ0v) is 7.34. The van der Waals surface area contributed by atoms with Crippen LogP contribution in [0.4, 0.5) is 0 Å². The van der Waals surface area contributed by atoms with E-state index in [1.54, 1.807) is 12.1 Å². The molecule has 1 unspecified atom stereocenters. The van der Waals surface area contributed by atoms with Crippen molar-refractivity contribution >= 4 is 11.1 Å². The molecule has 0 aromatic heterocycles. The summed E-state index contributed by atoms with van der Waals surface area (Å²) in [5.41, 5.74) is 7.18. The lowest BCUT2D eigenvalue weighted by atomic mass is 10.1. The molecule has 0 aliphatic heterocycles. The van der Waals surface area contributed by atoms with Crippen molar-refractivity contribution in [3.8, 4) is 0 Å². The van der Waals surface area contributed by atoms with Crippen molar-refractivity contribution in [1.29, 1.82) is 0 Å². The second kappa shape index (κ2) is 4.35. The van der Waals surface area contributed by atoms with Crippen LogP contribution in [0.5, 0.6) is 0 Å². The second-order valence-electron chi connectivity index (χ2n) is 2.47. The van der Waals surface area contributed by atoms with Gasteiger partial charge in [0.05, 0.1) is 0 Å². The van der Waals surface area contributed by atoms with E-state index in [0.717, 1.165) is 11.1 Å². The number of benzene rings is 1. The zero-order valence-electron chi connectivity index (χ0n) is 6.53. The lowest BCUT2D eigenvalue weighted by Crippen LogP contribution is -1.97. The normalized spacial score (nSPS) is 12.8. The van der Waals surface area contributed by atoms with E-state index in [-0.39, 0.29) is 5.75 Å². The summed E-state index contributed by atoms with van der Waals surface area (Å²) < 4.78 is 20.6. The highest BCUT2D eigenvalue weighted by atomic mass is 32.2. The number of hydrogen-bond acceptors (Lipinski definition) is 3. The third-order valence-corrected chi connectivity index (χ3v) is 2.11. The van der Waals surface area contributed by atoms with Gasteiger partial charge >= 0.3 is 0 Å². The molecule has 4 heteroatoms. The average molecular weight is 184 g/mol. The minimum atomic E-state index is -2.01. The van der Waals surface area contributed by atoms with E-state index >= 15 is 0 Å². The van der Waals surface area contributed by atoms with Crippen LogP contribution in [0.15, 0.2) is 24.3 Å². The molecule has 1 aromatic rings. The van der Waals surface area contributed by atoms with Gasteiger partial charge in [0.15, 0.2) is 0 Å². The maximum atomic E-state index is 10.3. The van der Waals surface area contributed by atoms with E-state index in [9.17, 15) is 8.76 Å². The third kappa shape index (κ3) is 2.73. The van der Waals surface area contributed by atoms with Gasteiger partial charge in [-0.15, -0.1) is 0 Å². The molecule has 0 bridgehead atoms. The summed E-state index contributed by atoms with van der Waals surface area (Å²) in [7, 11) is 0. The molecule has 3 nitrogen and oxygen atoms in total. The highest BCUT2D eigenvalue weighted by Crippen LogP contribution is 2.05. The fourth-order valence-corrected chi connectivity index (χ4v) is 1.37. The van der Waals surface area contributed by atoms with Crippen LogP contribution in [0.25, 0.3) is 0 Å². The van der Waals surface area contributed by atoms with Gasteiger partial charge < -0.3 is 10.3 Å². The molecule has 66 valence electrons. The molecule has 2 N–H and O–H groups in total. The molecular weight excluding hydrogens is 174 g/mol. The molecule has 0 heterocycles. The number of hydrogen-bond donors (Lipinski definition) is 1. The monoisotopic (exact) mass is 184 g/mol. The molecule has 0 aliphatic rings. The minimum absolute atomic E-state index is 0.0743. The first-order chi connectivity index (χ1) is 5.72. The highest BCUT2D eigenvalue weighted by Gasteiger charge is 1.92. The van der Waals surface area contributed by atoms with Crippen molar-refractivity contribution in [1.82, 2.24) is 0 Å². The van der Waals surface area contributed by atoms with E-state index in [1.807, 2.05) is 12.1 Å². The van der Waals surface area contributed by atoms with Gasteiger partial charge in [-0.2, -0.15) is 0 Å². The first-order valence-electron chi connectivity index (χ1n) is 3.56. The molecule has 0 saturated heterocycles. The van der Waals surface area contributed by atoms with Gasteiger partial charge in [0.25, 0.3) is 0 Å². The van der Waals surface area contributed by atoms with E-state index in [2.05, 4.69) is 0 Å². The first kappa shape index (κ1) is 9.38. The van der Waals surface area contributed by atoms with E-state index < -0.39 is 11.1 Å². The van der Waals surface area contributed by atoms with Gasteiger partial charge in [0.2, 0.25) is 0 Å². The Labute approximate surface area is 73.9 Å². The van der Waals surface area contributed by atoms with Crippen LogP contribution in [0.3, 0.4) is 0 Å². The van der Waals surface area contributed by atoms with Crippen LogP contribution in [0.1, 0.15) is 11.1 Å². The van der Waals surface area contributed by atoms with Crippen LogP contribution in [0.2, 0.25) is 0 Å². The summed E-state index contributed by atoms with van der Waals surface area (Å²) in [5, 5.41) is 0. The molecule has 0 aliphatic carbocycles. The molecule has 0 fully saturated rings. The standard InChI is InChI=1S/C8H11NO2S/c9-5-7-1-3-8(4-2-7)6-12(10)11/h1-4H,5-6,9H2,(H,10,11)/p-1. The van der Waals surface area contributed by atoms with Crippen molar-refractivity contribution in [2.24, 2.45) is 5.73 Å². The van der Waals surface area contributed by atoms with Gasteiger partial charge in [0.1, 0.15) is 0 Å². The summed E-state index contributed by atoms with van der Waals surface area (Å²) in [5.74, 6) is 0.0743. The smallest absolute Gasteiger partial charge is 0.0353 e. The summed E-state index contributed by atoms with van der Waals surface area (Å²) in [6.07, 6.45) is 0. The van der Waals surface area contributed by atoms with Gasteiger partial charge in [0, 0.05) is 12.3 Å². The lowest BCUT2D eigenvalue weighted by Gasteiger charge is -2.04. The lowest BCUT2D eigenvalue weighted by molar-refractivity contribution is 0.536. The summed E-state index contributed by atoms with van der Waals surface area (Å²) in [6, 6.07) is 7.22. The fraction of sp³-hybridized carbons (Fsp3) is 0.250. The van der Waals surface area contributed by atoms with Crippen molar-refractivity contribution in [2.75, 3.05) is 0 Å². The van der Waals surface area contributed by atoms with E-state index in [1.165, 1.54) is 0 Å². The maximum absolute atomic E-state index is 10.3. The topological polar surface area (TPSA) is 66.2 Å². The van der Waals surface area contributed by atoms with Crippen LogP contribution in [-0.4, -0.2) is 8.76 Å². The average Bonchev–Trinajstić information content (AvgIpc) is 2.05. The van der Waals surface area contributed by atoms with Gasteiger partial charge in [-0.1, -0.05) is 35.3 Å². The molecule has 0 saturated carbocycles. The Kier molecular flexibility index (Phi) is 3.40. The predicted molar refractivity (Wildman–Crippen MR) is 47.0 cm³/mol. The molecule has 0 amide bonds. The van der Waals surface area contributed by atoms with E-state index in [4.69, 9.17) is 5.73 Å².